The van der Waals surface area contributed by atoms with E-state index in [4.69, 9.17) is 10.8 Å². The first-order valence-electron chi connectivity index (χ1n) is 5.25. The predicted molar refractivity (Wildman–Crippen MR) is 67.4 cm³/mol. The maximum Gasteiger partial charge on any atom is 0.0858 e. The van der Waals surface area contributed by atoms with Crippen molar-refractivity contribution in [1.82, 2.24) is 0 Å². The maximum atomic E-state index is 8.90. The number of azo groups is 1. The van der Waals surface area contributed by atoms with E-state index in [1.807, 2.05) is 24.3 Å². The number of hydrogen-bond acceptors (Lipinski definition) is 4. The Kier molecular flexibility index (Phi) is 3.47. The highest BCUT2D eigenvalue weighted by molar-refractivity contribution is 5.48. The van der Waals surface area contributed by atoms with Crippen LogP contribution in [0.25, 0.3) is 0 Å². The van der Waals surface area contributed by atoms with E-state index in [-0.39, 0.29) is 6.61 Å². The summed E-state index contributed by atoms with van der Waals surface area (Å²) in [5.74, 6) is 0. The first-order valence-corrected chi connectivity index (χ1v) is 5.25. The predicted octanol–water partition coefficient (Wildman–Crippen LogP) is 3.18. The summed E-state index contributed by atoms with van der Waals surface area (Å²) in [5.41, 5.74) is 8.64. The van der Waals surface area contributed by atoms with Gasteiger partial charge in [0.1, 0.15) is 0 Å². The van der Waals surface area contributed by atoms with Crippen molar-refractivity contribution < 1.29 is 5.11 Å². The molecule has 4 nitrogen and oxygen atoms in total. The van der Waals surface area contributed by atoms with Gasteiger partial charge in [-0.1, -0.05) is 12.1 Å². The van der Waals surface area contributed by atoms with E-state index in [1.54, 1.807) is 24.3 Å². The Morgan fingerprint density at radius 1 is 0.824 bits per heavy atom. The molecule has 0 amide bonds. The highest BCUT2D eigenvalue weighted by Gasteiger charge is 1.92. The molecule has 0 aromatic heterocycles. The Balaban J connectivity index is 2.11. The fourth-order valence-electron chi connectivity index (χ4n) is 1.32. The normalized spacial score (nSPS) is 10.9. The lowest BCUT2D eigenvalue weighted by atomic mass is 10.2. The van der Waals surface area contributed by atoms with E-state index in [0.717, 1.165) is 16.9 Å². The molecule has 0 aliphatic heterocycles. The lowest BCUT2D eigenvalue weighted by Gasteiger charge is -1.96. The number of rotatable bonds is 3. The number of nitrogen functional groups attached to an aromatic ring is 1. The van der Waals surface area contributed by atoms with E-state index < -0.39 is 0 Å². The summed E-state index contributed by atoms with van der Waals surface area (Å²) >= 11 is 0. The largest absolute Gasteiger partial charge is 0.399 e. The first-order chi connectivity index (χ1) is 8.28. The van der Waals surface area contributed by atoms with Gasteiger partial charge in [0.05, 0.1) is 18.0 Å². The van der Waals surface area contributed by atoms with Crippen molar-refractivity contribution in [2.24, 2.45) is 10.2 Å². The molecule has 17 heavy (non-hydrogen) atoms. The second-order valence-corrected chi connectivity index (χ2v) is 3.62. The molecule has 0 radical (unpaired) electrons. The van der Waals surface area contributed by atoms with Crippen molar-refractivity contribution in [1.29, 1.82) is 0 Å². The standard InChI is InChI=1S/C13H13N3O/c14-11-3-7-13(8-4-11)16-15-12-5-1-10(9-17)2-6-12/h1-8,17H,9,14H2. The van der Waals surface area contributed by atoms with E-state index in [0.29, 0.717) is 5.69 Å². The molecule has 0 fully saturated rings. The van der Waals surface area contributed by atoms with Gasteiger partial charge in [-0.2, -0.15) is 10.2 Å². The SMILES string of the molecule is Nc1ccc(N=Nc2ccc(CO)cc2)cc1. The van der Waals surface area contributed by atoms with Gasteiger partial charge in [-0.05, 0) is 42.0 Å². The van der Waals surface area contributed by atoms with Crippen LogP contribution < -0.4 is 5.73 Å². The summed E-state index contributed by atoms with van der Waals surface area (Å²) in [6.07, 6.45) is 0. The number of aliphatic hydroxyl groups excluding tert-OH is 1. The third-order valence-electron chi connectivity index (χ3n) is 2.29. The van der Waals surface area contributed by atoms with E-state index >= 15 is 0 Å². The summed E-state index contributed by atoms with van der Waals surface area (Å²) in [5, 5.41) is 17.1. The van der Waals surface area contributed by atoms with Crippen molar-refractivity contribution in [3.8, 4) is 0 Å². The second-order valence-electron chi connectivity index (χ2n) is 3.62. The number of nitrogens with zero attached hydrogens (tertiary/aromatic N) is 2. The van der Waals surface area contributed by atoms with Crippen molar-refractivity contribution >= 4 is 17.1 Å². The average molecular weight is 227 g/mol. The zero-order chi connectivity index (χ0) is 12.1. The Labute approximate surface area is 99.4 Å². The maximum absolute atomic E-state index is 8.90. The van der Waals surface area contributed by atoms with Gasteiger partial charge in [-0.15, -0.1) is 0 Å². The van der Waals surface area contributed by atoms with Crippen LogP contribution in [0.1, 0.15) is 5.56 Å². The molecule has 0 atom stereocenters. The molecule has 0 aliphatic rings. The van der Waals surface area contributed by atoms with Gasteiger partial charge < -0.3 is 10.8 Å². The van der Waals surface area contributed by atoms with Crippen LogP contribution in [-0.4, -0.2) is 5.11 Å². The monoisotopic (exact) mass is 227 g/mol. The molecule has 3 N–H and O–H groups in total. The van der Waals surface area contributed by atoms with Crippen LogP contribution in [0.4, 0.5) is 17.1 Å². The number of nitrogens with two attached hydrogens (primary N) is 1. The van der Waals surface area contributed by atoms with Gasteiger partial charge in [0.25, 0.3) is 0 Å². The topological polar surface area (TPSA) is 71.0 Å². The molecule has 0 spiro atoms. The zero-order valence-electron chi connectivity index (χ0n) is 9.24. The van der Waals surface area contributed by atoms with E-state index in [9.17, 15) is 0 Å². The van der Waals surface area contributed by atoms with Gasteiger partial charge in [0.2, 0.25) is 0 Å². The summed E-state index contributed by atoms with van der Waals surface area (Å²) in [6.45, 7) is 0.0371. The molecule has 0 unspecified atom stereocenters. The Hall–Kier alpha value is -2.20. The molecule has 4 heteroatoms. The number of benzene rings is 2. The second kappa shape index (κ2) is 5.23. The Bertz CT molecular complexity index is 503. The Morgan fingerprint density at radius 2 is 1.29 bits per heavy atom. The molecule has 0 saturated carbocycles. The smallest absolute Gasteiger partial charge is 0.0858 e. The van der Waals surface area contributed by atoms with E-state index in [1.165, 1.54) is 0 Å². The van der Waals surface area contributed by atoms with Crippen LogP contribution >= 0.6 is 0 Å². The van der Waals surface area contributed by atoms with Gasteiger partial charge in [-0.3, -0.25) is 0 Å². The van der Waals surface area contributed by atoms with Crippen LogP contribution in [-0.2, 0) is 6.61 Å². The quantitative estimate of drug-likeness (QED) is 0.624. The van der Waals surface area contributed by atoms with Gasteiger partial charge in [-0.25, -0.2) is 0 Å². The highest BCUT2D eigenvalue weighted by atomic mass is 16.3. The molecular weight excluding hydrogens is 214 g/mol. The van der Waals surface area contributed by atoms with Gasteiger partial charge >= 0.3 is 0 Å². The highest BCUT2D eigenvalue weighted by Crippen LogP contribution is 2.19. The lowest BCUT2D eigenvalue weighted by Crippen LogP contribution is -1.80. The fourth-order valence-corrected chi connectivity index (χ4v) is 1.32. The molecule has 86 valence electrons. The minimum Gasteiger partial charge on any atom is -0.399 e. The molecule has 0 aliphatic carbocycles. The van der Waals surface area contributed by atoms with Crippen molar-refractivity contribution in [3.63, 3.8) is 0 Å². The summed E-state index contributed by atoms with van der Waals surface area (Å²) in [7, 11) is 0. The summed E-state index contributed by atoms with van der Waals surface area (Å²) < 4.78 is 0. The van der Waals surface area contributed by atoms with Crippen molar-refractivity contribution in [2.75, 3.05) is 5.73 Å². The summed E-state index contributed by atoms with van der Waals surface area (Å²) in [6, 6.07) is 14.4. The summed E-state index contributed by atoms with van der Waals surface area (Å²) in [4.78, 5) is 0. The van der Waals surface area contributed by atoms with Crippen LogP contribution in [0.3, 0.4) is 0 Å². The van der Waals surface area contributed by atoms with Crippen LogP contribution in [0.2, 0.25) is 0 Å². The number of anilines is 1. The fraction of sp³-hybridized carbons (Fsp3) is 0.0769. The van der Waals surface area contributed by atoms with Gasteiger partial charge in [0, 0.05) is 5.69 Å². The third-order valence-corrected chi connectivity index (χ3v) is 2.29. The zero-order valence-corrected chi connectivity index (χ0v) is 9.24. The average Bonchev–Trinajstić information content (AvgIpc) is 2.39. The minimum absolute atomic E-state index is 0.0371. The first kappa shape index (κ1) is 11.3. The molecule has 0 saturated heterocycles. The molecule has 0 heterocycles. The molecule has 2 aromatic rings. The van der Waals surface area contributed by atoms with Crippen LogP contribution in [0.5, 0.6) is 0 Å². The molecule has 2 aromatic carbocycles. The van der Waals surface area contributed by atoms with Gasteiger partial charge in [0.15, 0.2) is 0 Å². The van der Waals surface area contributed by atoms with Crippen molar-refractivity contribution in [2.45, 2.75) is 6.61 Å². The van der Waals surface area contributed by atoms with E-state index in [2.05, 4.69) is 10.2 Å². The molecular formula is C13H13N3O. The minimum atomic E-state index is 0.0371. The molecule has 0 bridgehead atoms. The molecule has 2 rings (SSSR count). The Morgan fingerprint density at radius 3 is 1.76 bits per heavy atom. The lowest BCUT2D eigenvalue weighted by molar-refractivity contribution is 0.282. The van der Waals surface area contributed by atoms with Crippen LogP contribution in [0.15, 0.2) is 58.8 Å². The third kappa shape index (κ3) is 3.12. The van der Waals surface area contributed by atoms with Crippen LogP contribution in [0, 0.1) is 0 Å². The van der Waals surface area contributed by atoms with Crippen molar-refractivity contribution in [3.05, 3.63) is 54.1 Å². The number of aliphatic hydroxyl groups is 1. The number of hydrogen-bond donors (Lipinski definition) is 2.